The number of hydrogen-bond acceptors (Lipinski definition) is 5. The van der Waals surface area contributed by atoms with E-state index in [0.717, 1.165) is 0 Å². The number of ether oxygens (including phenoxy) is 2. The van der Waals surface area contributed by atoms with Gasteiger partial charge in [-0.2, -0.15) is 0 Å². The molecule has 8 heteroatoms. The molecule has 0 aromatic heterocycles. The van der Waals surface area contributed by atoms with Gasteiger partial charge in [0.15, 0.2) is 6.10 Å². The molecule has 0 aliphatic carbocycles. The van der Waals surface area contributed by atoms with E-state index in [2.05, 4.69) is 10.0 Å². The van der Waals surface area contributed by atoms with E-state index >= 15 is 0 Å². The zero-order valence-corrected chi connectivity index (χ0v) is 16.5. The van der Waals surface area contributed by atoms with Crippen molar-refractivity contribution in [2.24, 2.45) is 0 Å². The number of anilines is 1. The van der Waals surface area contributed by atoms with Crippen molar-refractivity contribution in [3.05, 3.63) is 48.5 Å². The highest BCUT2D eigenvalue weighted by Gasteiger charge is 2.17. The Hall–Kier alpha value is -2.74. The summed E-state index contributed by atoms with van der Waals surface area (Å²) in [5.74, 6) is 0.718. The van der Waals surface area contributed by atoms with Gasteiger partial charge in [0.25, 0.3) is 15.9 Å². The third-order valence-corrected chi connectivity index (χ3v) is 4.97. The zero-order valence-electron chi connectivity index (χ0n) is 15.7. The Morgan fingerprint density at radius 3 is 2.26 bits per heavy atom. The van der Waals surface area contributed by atoms with E-state index in [9.17, 15) is 13.2 Å². The first-order chi connectivity index (χ1) is 12.7. The van der Waals surface area contributed by atoms with E-state index < -0.39 is 16.1 Å². The Kier molecular flexibility index (Phi) is 6.68. The summed E-state index contributed by atoms with van der Waals surface area (Å²) in [6.45, 7) is 5.35. The molecule has 0 bridgehead atoms. The van der Waals surface area contributed by atoms with Crippen LogP contribution in [0.1, 0.15) is 20.8 Å². The highest BCUT2D eigenvalue weighted by molar-refractivity contribution is 7.92. The molecule has 2 N–H and O–H groups in total. The van der Waals surface area contributed by atoms with E-state index in [1.165, 1.54) is 31.4 Å². The van der Waals surface area contributed by atoms with Gasteiger partial charge in [0.05, 0.1) is 17.7 Å². The molecule has 146 valence electrons. The minimum atomic E-state index is -3.76. The Balaban J connectivity index is 2.07. The second kappa shape index (κ2) is 8.77. The predicted octanol–water partition coefficient (Wildman–Crippen LogP) is 2.79. The molecule has 1 atom stereocenters. The van der Waals surface area contributed by atoms with Crippen LogP contribution in [0.4, 0.5) is 5.69 Å². The zero-order chi connectivity index (χ0) is 20.0. The van der Waals surface area contributed by atoms with Crippen LogP contribution in [-0.4, -0.2) is 33.6 Å². The summed E-state index contributed by atoms with van der Waals surface area (Å²) < 4.78 is 38.1. The lowest BCUT2D eigenvalue weighted by Crippen LogP contribution is -2.40. The summed E-state index contributed by atoms with van der Waals surface area (Å²) in [6, 6.07) is 12.5. The fourth-order valence-corrected chi connectivity index (χ4v) is 3.31. The minimum absolute atomic E-state index is 0.0127. The summed E-state index contributed by atoms with van der Waals surface area (Å²) in [6.07, 6.45) is -0.690. The molecule has 0 heterocycles. The number of sulfonamides is 1. The van der Waals surface area contributed by atoms with Gasteiger partial charge in [-0.05, 0) is 57.2 Å². The molecule has 2 aromatic carbocycles. The van der Waals surface area contributed by atoms with Gasteiger partial charge in [0.1, 0.15) is 11.5 Å². The van der Waals surface area contributed by atoms with Crippen LogP contribution in [0.5, 0.6) is 11.5 Å². The van der Waals surface area contributed by atoms with Crippen molar-refractivity contribution >= 4 is 21.6 Å². The first kappa shape index (κ1) is 20.6. The van der Waals surface area contributed by atoms with Crippen LogP contribution >= 0.6 is 0 Å². The lowest BCUT2D eigenvalue weighted by Gasteiger charge is -2.16. The van der Waals surface area contributed by atoms with Gasteiger partial charge in [0, 0.05) is 12.1 Å². The molecular formula is C19H24N2O5S. The Labute approximate surface area is 159 Å². The van der Waals surface area contributed by atoms with Crippen LogP contribution in [0.2, 0.25) is 0 Å². The smallest absolute Gasteiger partial charge is 0.261 e. The highest BCUT2D eigenvalue weighted by atomic mass is 32.2. The van der Waals surface area contributed by atoms with E-state index in [-0.39, 0.29) is 16.8 Å². The normalized spacial score (nSPS) is 12.3. The summed E-state index contributed by atoms with van der Waals surface area (Å²) in [5, 5.41) is 2.75. The minimum Gasteiger partial charge on any atom is -0.497 e. The Morgan fingerprint density at radius 2 is 1.67 bits per heavy atom. The molecule has 0 aliphatic heterocycles. The molecule has 0 saturated heterocycles. The largest absolute Gasteiger partial charge is 0.497 e. The summed E-state index contributed by atoms with van der Waals surface area (Å²) in [5.41, 5.74) is 0.397. The van der Waals surface area contributed by atoms with Crippen molar-refractivity contribution in [2.45, 2.75) is 37.8 Å². The highest BCUT2D eigenvalue weighted by Crippen LogP contribution is 2.22. The van der Waals surface area contributed by atoms with Gasteiger partial charge in [-0.25, -0.2) is 8.42 Å². The summed E-state index contributed by atoms with van der Waals surface area (Å²) >= 11 is 0. The van der Waals surface area contributed by atoms with Crippen LogP contribution < -0.4 is 19.5 Å². The summed E-state index contributed by atoms with van der Waals surface area (Å²) in [4.78, 5) is 12.0. The SMILES string of the molecule is COc1cccc(NS(=O)(=O)c2ccc(O[C@H](C)C(=O)NC(C)C)cc2)c1. The maximum atomic E-state index is 12.5. The molecule has 0 fully saturated rings. The standard InChI is InChI=1S/C19H24N2O5S/c1-13(2)20-19(22)14(3)26-16-8-10-18(11-9-16)27(23,24)21-15-6-5-7-17(12-15)25-4/h5-14,21H,1-4H3,(H,20,22)/t14-/m1/s1. The lowest BCUT2D eigenvalue weighted by atomic mass is 10.3. The van der Waals surface area contributed by atoms with E-state index in [0.29, 0.717) is 17.2 Å². The van der Waals surface area contributed by atoms with E-state index in [4.69, 9.17) is 9.47 Å². The molecule has 0 spiro atoms. The molecule has 0 saturated carbocycles. The van der Waals surface area contributed by atoms with Crippen molar-refractivity contribution in [3.63, 3.8) is 0 Å². The van der Waals surface area contributed by atoms with E-state index in [1.54, 1.807) is 31.2 Å². The van der Waals surface area contributed by atoms with Gasteiger partial charge in [-0.3, -0.25) is 9.52 Å². The maximum Gasteiger partial charge on any atom is 0.261 e. The molecule has 2 rings (SSSR count). The summed E-state index contributed by atoms with van der Waals surface area (Å²) in [7, 11) is -2.25. The van der Waals surface area contributed by atoms with Crippen LogP contribution in [0.25, 0.3) is 0 Å². The topological polar surface area (TPSA) is 93.7 Å². The van der Waals surface area contributed by atoms with Crippen LogP contribution in [0, 0.1) is 0 Å². The first-order valence-corrected chi connectivity index (χ1v) is 9.93. The third kappa shape index (κ3) is 5.89. The van der Waals surface area contributed by atoms with Gasteiger partial charge in [0.2, 0.25) is 0 Å². The van der Waals surface area contributed by atoms with Crippen LogP contribution in [-0.2, 0) is 14.8 Å². The number of methoxy groups -OCH3 is 1. The second-order valence-electron chi connectivity index (χ2n) is 6.23. The number of hydrogen-bond donors (Lipinski definition) is 2. The fraction of sp³-hybridized carbons (Fsp3) is 0.316. The quantitative estimate of drug-likeness (QED) is 0.720. The molecule has 27 heavy (non-hydrogen) atoms. The van der Waals surface area contributed by atoms with Gasteiger partial charge < -0.3 is 14.8 Å². The molecular weight excluding hydrogens is 368 g/mol. The Morgan fingerprint density at radius 1 is 1.00 bits per heavy atom. The number of benzene rings is 2. The van der Waals surface area contributed by atoms with Crippen LogP contribution in [0.3, 0.4) is 0 Å². The van der Waals surface area contributed by atoms with E-state index in [1.807, 2.05) is 13.8 Å². The molecule has 0 radical (unpaired) electrons. The monoisotopic (exact) mass is 392 g/mol. The van der Waals surface area contributed by atoms with Crippen molar-refractivity contribution < 1.29 is 22.7 Å². The average molecular weight is 392 g/mol. The number of amides is 1. The first-order valence-electron chi connectivity index (χ1n) is 8.45. The third-order valence-electron chi connectivity index (χ3n) is 3.57. The maximum absolute atomic E-state index is 12.5. The molecule has 2 aromatic rings. The Bertz CT molecular complexity index is 879. The molecule has 1 amide bonds. The predicted molar refractivity (Wildman–Crippen MR) is 104 cm³/mol. The van der Waals surface area contributed by atoms with Gasteiger partial charge in [-0.15, -0.1) is 0 Å². The van der Waals surface area contributed by atoms with Gasteiger partial charge >= 0.3 is 0 Å². The van der Waals surface area contributed by atoms with Gasteiger partial charge in [-0.1, -0.05) is 6.07 Å². The fourth-order valence-electron chi connectivity index (χ4n) is 2.26. The number of carbonyl (C=O) groups excluding carboxylic acids is 1. The lowest BCUT2D eigenvalue weighted by molar-refractivity contribution is -0.127. The van der Waals surface area contributed by atoms with Crippen LogP contribution in [0.15, 0.2) is 53.4 Å². The average Bonchev–Trinajstić information content (AvgIpc) is 2.61. The molecule has 7 nitrogen and oxygen atoms in total. The number of rotatable bonds is 8. The molecule has 0 aliphatic rings. The number of nitrogens with one attached hydrogen (secondary N) is 2. The number of carbonyl (C=O) groups is 1. The van der Waals surface area contributed by atoms with Crippen molar-refractivity contribution in [3.8, 4) is 11.5 Å². The second-order valence-corrected chi connectivity index (χ2v) is 7.91. The van der Waals surface area contributed by atoms with Crippen molar-refractivity contribution in [1.29, 1.82) is 0 Å². The molecule has 0 unspecified atom stereocenters. The van der Waals surface area contributed by atoms with Crippen molar-refractivity contribution in [2.75, 3.05) is 11.8 Å². The van der Waals surface area contributed by atoms with Crippen molar-refractivity contribution in [1.82, 2.24) is 5.32 Å².